The number of aromatic nitrogens is 2. The molecular formula is C17H26N4O3. The number of carboxylic acids is 1. The van der Waals surface area contributed by atoms with Crippen molar-refractivity contribution in [1.29, 1.82) is 0 Å². The number of nitrogens with one attached hydrogen (secondary N) is 1. The van der Waals surface area contributed by atoms with E-state index in [1.54, 1.807) is 0 Å². The van der Waals surface area contributed by atoms with Crippen LogP contribution >= 0.6 is 0 Å². The van der Waals surface area contributed by atoms with Gasteiger partial charge < -0.3 is 20.1 Å². The summed E-state index contributed by atoms with van der Waals surface area (Å²) in [4.78, 5) is 21.8. The molecule has 1 aromatic rings. The predicted molar refractivity (Wildman–Crippen MR) is 91.3 cm³/mol. The van der Waals surface area contributed by atoms with Crippen LogP contribution in [0.2, 0.25) is 0 Å². The van der Waals surface area contributed by atoms with Gasteiger partial charge in [0.15, 0.2) is 0 Å². The summed E-state index contributed by atoms with van der Waals surface area (Å²) in [5.74, 6) is 1.05. The summed E-state index contributed by atoms with van der Waals surface area (Å²) in [6.07, 6.45) is 5.28. The average molecular weight is 334 g/mol. The molecule has 24 heavy (non-hydrogen) atoms. The number of carbonyl (C=O) groups is 1. The van der Waals surface area contributed by atoms with Crippen molar-refractivity contribution in [3.8, 4) is 0 Å². The Hall–Kier alpha value is -1.89. The molecule has 7 heteroatoms. The van der Waals surface area contributed by atoms with Crippen molar-refractivity contribution in [2.45, 2.75) is 57.7 Å². The first kappa shape index (κ1) is 17.0. The predicted octanol–water partition coefficient (Wildman–Crippen LogP) is 2.15. The normalized spacial score (nSPS) is 27.5. The number of carboxylic acid groups (broad SMARTS) is 1. The molecule has 0 bridgehead atoms. The molecule has 2 fully saturated rings. The molecule has 0 aromatic carbocycles. The van der Waals surface area contributed by atoms with E-state index in [9.17, 15) is 9.90 Å². The molecule has 1 aromatic heterocycles. The minimum atomic E-state index is -0.791. The van der Waals surface area contributed by atoms with Gasteiger partial charge in [0.1, 0.15) is 24.0 Å². The lowest BCUT2D eigenvalue weighted by Crippen LogP contribution is -2.43. The van der Waals surface area contributed by atoms with Gasteiger partial charge in [0.05, 0.1) is 12.1 Å². The number of anilines is 2. The van der Waals surface area contributed by atoms with Gasteiger partial charge in [-0.25, -0.2) is 14.8 Å². The monoisotopic (exact) mass is 334 g/mol. The Morgan fingerprint density at radius 3 is 2.96 bits per heavy atom. The van der Waals surface area contributed by atoms with Crippen molar-refractivity contribution < 1.29 is 14.6 Å². The van der Waals surface area contributed by atoms with Crippen LogP contribution in [0.15, 0.2) is 12.4 Å². The summed E-state index contributed by atoms with van der Waals surface area (Å²) in [6, 6.07) is 1.58. The van der Waals surface area contributed by atoms with E-state index in [-0.39, 0.29) is 12.1 Å². The lowest BCUT2D eigenvalue weighted by molar-refractivity contribution is -0.138. The van der Waals surface area contributed by atoms with E-state index in [2.05, 4.69) is 29.1 Å². The van der Waals surface area contributed by atoms with Gasteiger partial charge in [-0.1, -0.05) is 13.8 Å². The number of ether oxygens (including phenoxy) is 1. The van der Waals surface area contributed by atoms with Crippen LogP contribution in [0.5, 0.6) is 0 Å². The van der Waals surface area contributed by atoms with Gasteiger partial charge >= 0.3 is 5.97 Å². The van der Waals surface area contributed by atoms with Crippen LogP contribution in [0, 0.1) is 5.92 Å². The smallest absolute Gasteiger partial charge is 0.326 e. The maximum Gasteiger partial charge on any atom is 0.326 e. The fraction of sp³-hybridized carbons (Fsp3) is 0.706. The zero-order valence-corrected chi connectivity index (χ0v) is 14.3. The van der Waals surface area contributed by atoms with E-state index >= 15 is 0 Å². The molecule has 132 valence electrons. The summed E-state index contributed by atoms with van der Waals surface area (Å²) < 4.78 is 5.91. The second-order valence-corrected chi connectivity index (χ2v) is 6.92. The Labute approximate surface area is 142 Å². The third-order valence-corrected chi connectivity index (χ3v) is 4.84. The molecule has 3 atom stereocenters. The van der Waals surface area contributed by atoms with E-state index in [0.29, 0.717) is 24.7 Å². The largest absolute Gasteiger partial charge is 0.480 e. The van der Waals surface area contributed by atoms with E-state index in [0.717, 1.165) is 31.7 Å². The molecule has 0 saturated carbocycles. The second-order valence-electron chi connectivity index (χ2n) is 6.92. The lowest BCUT2D eigenvalue weighted by atomic mass is 9.94. The lowest BCUT2D eigenvalue weighted by Gasteiger charge is -2.35. The summed E-state index contributed by atoms with van der Waals surface area (Å²) in [6.45, 7) is 5.86. The van der Waals surface area contributed by atoms with Crippen molar-refractivity contribution in [3.63, 3.8) is 0 Å². The van der Waals surface area contributed by atoms with Gasteiger partial charge in [0.2, 0.25) is 0 Å². The zero-order valence-electron chi connectivity index (χ0n) is 14.3. The molecule has 3 unspecified atom stereocenters. The Morgan fingerprint density at radius 1 is 1.38 bits per heavy atom. The molecule has 2 aliphatic rings. The summed E-state index contributed by atoms with van der Waals surface area (Å²) in [5.41, 5.74) is 0. The van der Waals surface area contributed by atoms with Crippen molar-refractivity contribution in [2.75, 3.05) is 23.4 Å². The van der Waals surface area contributed by atoms with E-state index in [4.69, 9.17) is 4.74 Å². The minimum absolute atomic E-state index is 0.163. The molecule has 0 spiro atoms. The maximum absolute atomic E-state index is 11.4. The topological polar surface area (TPSA) is 87.6 Å². The molecule has 2 N–H and O–H groups in total. The van der Waals surface area contributed by atoms with E-state index in [1.807, 2.05) is 11.0 Å². The highest BCUT2D eigenvalue weighted by atomic mass is 16.5. The number of hydrogen-bond acceptors (Lipinski definition) is 6. The van der Waals surface area contributed by atoms with E-state index < -0.39 is 12.0 Å². The van der Waals surface area contributed by atoms with Gasteiger partial charge in [0, 0.05) is 19.2 Å². The van der Waals surface area contributed by atoms with Crippen LogP contribution in [0.3, 0.4) is 0 Å². The number of aliphatic carboxylic acids is 1. The van der Waals surface area contributed by atoms with Crippen molar-refractivity contribution in [2.24, 2.45) is 5.92 Å². The molecule has 2 saturated heterocycles. The summed E-state index contributed by atoms with van der Waals surface area (Å²) in [7, 11) is 0. The molecule has 7 nitrogen and oxygen atoms in total. The summed E-state index contributed by atoms with van der Waals surface area (Å²) >= 11 is 0. The SMILES string of the molecule is CC(C)C1OCCCC1Nc1cc(N2CCCC2C(=O)O)ncn1. The van der Waals surface area contributed by atoms with Gasteiger partial charge in [-0.05, 0) is 31.6 Å². The fourth-order valence-corrected chi connectivity index (χ4v) is 3.69. The molecule has 2 aliphatic heterocycles. The van der Waals surface area contributed by atoms with Crippen molar-refractivity contribution in [3.05, 3.63) is 12.4 Å². The van der Waals surface area contributed by atoms with Crippen molar-refractivity contribution >= 4 is 17.6 Å². The van der Waals surface area contributed by atoms with Crippen LogP contribution in [0.25, 0.3) is 0 Å². The molecule has 0 amide bonds. The highest BCUT2D eigenvalue weighted by Crippen LogP contribution is 2.27. The second kappa shape index (κ2) is 7.34. The van der Waals surface area contributed by atoms with Crippen LogP contribution in [0.1, 0.15) is 39.5 Å². The van der Waals surface area contributed by atoms with Crippen LogP contribution in [-0.2, 0) is 9.53 Å². The Kier molecular flexibility index (Phi) is 5.18. The average Bonchev–Trinajstić information content (AvgIpc) is 3.05. The molecular weight excluding hydrogens is 308 g/mol. The standard InChI is InChI=1S/C17H26N4O3/c1-11(2)16-12(5-4-8-24-16)20-14-9-15(19-10-18-14)21-7-3-6-13(21)17(22)23/h9-13,16H,3-8H2,1-2H3,(H,22,23)(H,18,19,20). The van der Waals surface area contributed by atoms with Gasteiger partial charge in [0.25, 0.3) is 0 Å². The highest BCUT2D eigenvalue weighted by Gasteiger charge is 2.32. The van der Waals surface area contributed by atoms with Crippen LogP contribution in [0.4, 0.5) is 11.6 Å². The van der Waals surface area contributed by atoms with Crippen molar-refractivity contribution in [1.82, 2.24) is 9.97 Å². The number of hydrogen-bond donors (Lipinski definition) is 2. The highest BCUT2D eigenvalue weighted by molar-refractivity contribution is 5.78. The maximum atomic E-state index is 11.4. The van der Waals surface area contributed by atoms with Crippen LogP contribution < -0.4 is 10.2 Å². The van der Waals surface area contributed by atoms with Gasteiger partial charge in [-0.2, -0.15) is 0 Å². The third-order valence-electron chi connectivity index (χ3n) is 4.84. The summed E-state index contributed by atoms with van der Waals surface area (Å²) in [5, 5.41) is 12.8. The number of rotatable bonds is 5. The fourth-order valence-electron chi connectivity index (χ4n) is 3.69. The molecule has 3 rings (SSSR count). The first-order valence-corrected chi connectivity index (χ1v) is 8.76. The van der Waals surface area contributed by atoms with Gasteiger partial charge in [-0.15, -0.1) is 0 Å². The zero-order chi connectivity index (χ0) is 17.1. The minimum Gasteiger partial charge on any atom is -0.480 e. The number of nitrogens with zero attached hydrogens (tertiary/aromatic N) is 3. The van der Waals surface area contributed by atoms with Crippen LogP contribution in [-0.4, -0.2) is 52.4 Å². The Morgan fingerprint density at radius 2 is 2.21 bits per heavy atom. The third kappa shape index (κ3) is 3.61. The molecule has 0 aliphatic carbocycles. The Balaban J connectivity index is 1.74. The Bertz CT molecular complexity index is 581. The first-order chi connectivity index (χ1) is 11.6. The quantitative estimate of drug-likeness (QED) is 0.853. The van der Waals surface area contributed by atoms with Gasteiger partial charge in [-0.3, -0.25) is 0 Å². The molecule has 3 heterocycles. The van der Waals surface area contributed by atoms with E-state index in [1.165, 1.54) is 6.33 Å². The first-order valence-electron chi connectivity index (χ1n) is 8.76. The molecule has 0 radical (unpaired) electrons.